The van der Waals surface area contributed by atoms with Crippen LogP contribution in [-0.2, 0) is 19.5 Å². The van der Waals surface area contributed by atoms with Gasteiger partial charge in [0.25, 0.3) is 0 Å². The van der Waals surface area contributed by atoms with E-state index >= 15 is 0 Å². The van der Waals surface area contributed by atoms with Crippen LogP contribution in [0.25, 0.3) is 11.3 Å². The van der Waals surface area contributed by atoms with E-state index < -0.39 is 0 Å². The van der Waals surface area contributed by atoms with Gasteiger partial charge in [0.1, 0.15) is 11.4 Å². The second kappa shape index (κ2) is 10.4. The van der Waals surface area contributed by atoms with Crippen LogP contribution in [0.4, 0.5) is 0 Å². The van der Waals surface area contributed by atoms with E-state index in [2.05, 4.69) is 54.7 Å². The molecule has 31 heavy (non-hydrogen) atoms. The quantitative estimate of drug-likeness (QED) is 0.367. The van der Waals surface area contributed by atoms with E-state index in [-0.39, 0.29) is 0 Å². The average Bonchev–Trinajstić information content (AvgIpc) is 3.22. The summed E-state index contributed by atoms with van der Waals surface area (Å²) in [4.78, 5) is 1.75. The molecule has 0 aliphatic rings. The van der Waals surface area contributed by atoms with Crippen molar-refractivity contribution < 1.29 is 0 Å². The zero-order valence-electron chi connectivity index (χ0n) is 17.7. The van der Waals surface area contributed by atoms with Gasteiger partial charge < -0.3 is 5.32 Å². The smallest absolute Gasteiger partial charge is 0.117 e. The summed E-state index contributed by atoms with van der Waals surface area (Å²) in [6.07, 6.45) is 2.12. The lowest BCUT2D eigenvalue weighted by atomic mass is 10.1. The Bertz CT molecular complexity index is 1090. The molecule has 1 heterocycles. The maximum absolute atomic E-state index is 6.34. The van der Waals surface area contributed by atoms with Gasteiger partial charge in [-0.05, 0) is 37.0 Å². The molecular formula is C26H27ClN4. The highest BCUT2D eigenvalue weighted by atomic mass is 35.5. The molecule has 1 aromatic heterocycles. The lowest BCUT2D eigenvalue weighted by Gasteiger charge is -2.13. The molecule has 158 valence electrons. The summed E-state index contributed by atoms with van der Waals surface area (Å²) in [6.45, 7) is 3.44. The third kappa shape index (κ3) is 5.81. The first kappa shape index (κ1) is 21.3. The lowest BCUT2D eigenvalue weighted by molar-refractivity contribution is 0.503. The monoisotopic (exact) mass is 430 g/mol. The van der Waals surface area contributed by atoms with Gasteiger partial charge in [0.15, 0.2) is 0 Å². The maximum Gasteiger partial charge on any atom is 0.117 e. The third-order valence-corrected chi connectivity index (χ3v) is 5.74. The molecule has 0 amide bonds. The van der Waals surface area contributed by atoms with Crippen LogP contribution in [0.15, 0.2) is 84.9 Å². The Hall–Kier alpha value is -2.95. The molecule has 5 heteroatoms. The van der Waals surface area contributed by atoms with E-state index in [0.717, 1.165) is 40.4 Å². The number of aromatic nitrogens is 3. The molecule has 4 rings (SSSR count). The molecule has 1 atom stereocenters. The first-order chi connectivity index (χ1) is 15.2. The summed E-state index contributed by atoms with van der Waals surface area (Å²) in [7, 11) is 0. The van der Waals surface area contributed by atoms with Gasteiger partial charge in [0, 0.05) is 23.2 Å². The molecule has 0 spiro atoms. The Morgan fingerprint density at radius 3 is 2.29 bits per heavy atom. The first-order valence-corrected chi connectivity index (χ1v) is 11.1. The molecule has 4 nitrogen and oxygen atoms in total. The number of halogens is 1. The van der Waals surface area contributed by atoms with E-state index in [9.17, 15) is 0 Å². The Kier molecular flexibility index (Phi) is 7.13. The van der Waals surface area contributed by atoms with Crippen molar-refractivity contribution in [3.63, 3.8) is 0 Å². The fourth-order valence-electron chi connectivity index (χ4n) is 3.57. The van der Waals surface area contributed by atoms with Gasteiger partial charge in [-0.3, -0.25) is 0 Å². The standard InChI is InChI=1S/C26H27ClN4/c1-20(16-17-21-10-4-2-5-11-21)28-18-25-26(22-12-6-3-7-13-22)30-31(29-25)19-23-14-8-9-15-24(23)27/h2-15,20,28H,16-19H2,1H3/t20-/m0/s1. The van der Waals surface area contributed by atoms with E-state index in [1.165, 1.54) is 5.56 Å². The number of nitrogens with zero attached hydrogens (tertiary/aromatic N) is 3. The lowest BCUT2D eigenvalue weighted by Crippen LogP contribution is -2.26. The van der Waals surface area contributed by atoms with Crippen LogP contribution >= 0.6 is 11.6 Å². The SMILES string of the molecule is C[C@@H](CCc1ccccc1)NCc1nn(Cc2ccccc2Cl)nc1-c1ccccc1. The largest absolute Gasteiger partial charge is 0.309 e. The number of aryl methyl sites for hydroxylation is 1. The number of hydrogen-bond donors (Lipinski definition) is 1. The van der Waals surface area contributed by atoms with Crippen LogP contribution in [0, 0.1) is 0 Å². The zero-order valence-corrected chi connectivity index (χ0v) is 18.5. The van der Waals surface area contributed by atoms with Gasteiger partial charge >= 0.3 is 0 Å². The molecule has 0 radical (unpaired) electrons. The van der Waals surface area contributed by atoms with Crippen molar-refractivity contribution in [2.45, 2.75) is 38.9 Å². The Labute approximate surface area is 188 Å². The molecule has 0 saturated carbocycles. The van der Waals surface area contributed by atoms with Crippen LogP contribution in [0.1, 0.15) is 30.2 Å². The highest BCUT2D eigenvalue weighted by Crippen LogP contribution is 2.22. The van der Waals surface area contributed by atoms with Crippen molar-refractivity contribution in [1.29, 1.82) is 0 Å². The molecule has 0 aliphatic heterocycles. The van der Waals surface area contributed by atoms with Crippen LogP contribution < -0.4 is 5.32 Å². The van der Waals surface area contributed by atoms with Gasteiger partial charge in [0.05, 0.1) is 6.54 Å². The molecule has 1 N–H and O–H groups in total. The zero-order chi connectivity index (χ0) is 21.5. The number of nitrogens with one attached hydrogen (secondary N) is 1. The Balaban J connectivity index is 1.47. The van der Waals surface area contributed by atoms with Crippen molar-refractivity contribution in [2.75, 3.05) is 0 Å². The summed E-state index contributed by atoms with van der Waals surface area (Å²) in [5.41, 5.74) is 5.31. The van der Waals surface area contributed by atoms with Gasteiger partial charge in [-0.25, -0.2) is 0 Å². The Morgan fingerprint density at radius 1 is 0.871 bits per heavy atom. The maximum atomic E-state index is 6.34. The summed E-state index contributed by atoms with van der Waals surface area (Å²) in [5.74, 6) is 0. The summed E-state index contributed by atoms with van der Waals surface area (Å²) < 4.78 is 0. The normalized spacial score (nSPS) is 12.1. The van der Waals surface area contributed by atoms with Gasteiger partial charge in [0.2, 0.25) is 0 Å². The minimum absolute atomic E-state index is 0.373. The second-order valence-electron chi connectivity index (χ2n) is 7.79. The van der Waals surface area contributed by atoms with Gasteiger partial charge in [-0.1, -0.05) is 90.5 Å². The van der Waals surface area contributed by atoms with Crippen LogP contribution in [0.2, 0.25) is 5.02 Å². The van der Waals surface area contributed by atoms with Gasteiger partial charge in [-0.2, -0.15) is 15.0 Å². The predicted molar refractivity (Wildman–Crippen MR) is 127 cm³/mol. The molecule has 4 aromatic rings. The van der Waals surface area contributed by atoms with E-state index in [0.29, 0.717) is 19.1 Å². The minimum atomic E-state index is 0.373. The highest BCUT2D eigenvalue weighted by Gasteiger charge is 2.15. The second-order valence-corrected chi connectivity index (χ2v) is 8.20. The minimum Gasteiger partial charge on any atom is -0.309 e. The number of rotatable bonds is 9. The molecule has 0 saturated heterocycles. The molecular weight excluding hydrogens is 404 g/mol. The number of benzene rings is 3. The summed E-state index contributed by atoms with van der Waals surface area (Å²) in [5, 5.41) is 14.0. The van der Waals surface area contributed by atoms with Gasteiger partial charge in [-0.15, -0.1) is 0 Å². The topological polar surface area (TPSA) is 42.7 Å². The molecule has 0 unspecified atom stereocenters. The highest BCUT2D eigenvalue weighted by molar-refractivity contribution is 6.31. The van der Waals surface area contributed by atoms with Crippen LogP contribution in [0.5, 0.6) is 0 Å². The van der Waals surface area contributed by atoms with Crippen molar-refractivity contribution in [2.24, 2.45) is 0 Å². The van der Waals surface area contributed by atoms with E-state index in [1.807, 2.05) is 42.5 Å². The molecule has 0 fully saturated rings. The Morgan fingerprint density at radius 2 is 1.55 bits per heavy atom. The number of hydrogen-bond acceptors (Lipinski definition) is 3. The summed E-state index contributed by atoms with van der Waals surface area (Å²) in [6, 6.07) is 29.0. The van der Waals surface area contributed by atoms with E-state index in [4.69, 9.17) is 21.8 Å². The fourth-order valence-corrected chi connectivity index (χ4v) is 3.77. The molecule has 0 bridgehead atoms. The average molecular weight is 431 g/mol. The summed E-state index contributed by atoms with van der Waals surface area (Å²) >= 11 is 6.34. The van der Waals surface area contributed by atoms with E-state index in [1.54, 1.807) is 4.80 Å². The van der Waals surface area contributed by atoms with Crippen LogP contribution in [0.3, 0.4) is 0 Å². The van der Waals surface area contributed by atoms with Crippen molar-refractivity contribution >= 4 is 11.6 Å². The van der Waals surface area contributed by atoms with Crippen molar-refractivity contribution in [1.82, 2.24) is 20.3 Å². The van der Waals surface area contributed by atoms with Crippen LogP contribution in [-0.4, -0.2) is 21.0 Å². The molecule has 0 aliphatic carbocycles. The first-order valence-electron chi connectivity index (χ1n) is 10.7. The molecule has 3 aromatic carbocycles. The fraction of sp³-hybridized carbons (Fsp3) is 0.231. The predicted octanol–water partition coefficient (Wildman–Crippen LogP) is 5.76. The van der Waals surface area contributed by atoms with Crippen molar-refractivity contribution in [3.8, 4) is 11.3 Å². The van der Waals surface area contributed by atoms with Crippen molar-refractivity contribution in [3.05, 3.63) is 107 Å². The third-order valence-electron chi connectivity index (χ3n) is 5.37.